The van der Waals surface area contributed by atoms with Gasteiger partial charge < -0.3 is 0 Å². The summed E-state index contributed by atoms with van der Waals surface area (Å²) in [6.07, 6.45) is 0. The van der Waals surface area contributed by atoms with Gasteiger partial charge in [0.25, 0.3) is 0 Å². The number of sulfonamides is 1. The second kappa shape index (κ2) is 5.46. The van der Waals surface area contributed by atoms with E-state index in [0.717, 1.165) is 9.13 Å². The predicted octanol–water partition coefficient (Wildman–Crippen LogP) is 2.53. The third-order valence-corrected chi connectivity index (χ3v) is 4.72. The number of halogens is 1. The fraction of sp³-hybridized carbons (Fsp3) is 0.455. The molecule has 0 bridgehead atoms. The summed E-state index contributed by atoms with van der Waals surface area (Å²) in [6, 6.07) is 5.16. The number of aryl methyl sites for hydroxylation is 1. The van der Waals surface area contributed by atoms with Crippen molar-refractivity contribution in [1.82, 2.24) is 4.72 Å². The number of hydrogen-bond acceptors (Lipinski definition) is 2. The first kappa shape index (κ1) is 13.9. The van der Waals surface area contributed by atoms with Crippen LogP contribution in [0.25, 0.3) is 0 Å². The van der Waals surface area contributed by atoms with Crippen molar-refractivity contribution in [2.24, 2.45) is 5.92 Å². The lowest BCUT2D eigenvalue weighted by atomic mass is 10.2. The summed E-state index contributed by atoms with van der Waals surface area (Å²) in [7, 11) is -3.35. The molecule has 0 radical (unpaired) electrons. The second-order valence-electron chi connectivity index (χ2n) is 4.16. The minimum Gasteiger partial charge on any atom is -0.211 e. The van der Waals surface area contributed by atoms with Crippen LogP contribution in [0.3, 0.4) is 0 Å². The topological polar surface area (TPSA) is 46.2 Å². The smallest absolute Gasteiger partial charge is 0.211 e. The van der Waals surface area contributed by atoms with Crippen molar-refractivity contribution in [2.45, 2.75) is 25.7 Å². The Bertz CT molecular complexity index is 469. The lowest BCUT2D eigenvalue weighted by molar-refractivity contribution is 0.560. The van der Waals surface area contributed by atoms with E-state index < -0.39 is 10.0 Å². The van der Waals surface area contributed by atoms with Crippen LogP contribution >= 0.6 is 22.6 Å². The van der Waals surface area contributed by atoms with E-state index in [1.165, 1.54) is 0 Å². The van der Waals surface area contributed by atoms with Crippen LogP contribution in [0.15, 0.2) is 23.1 Å². The van der Waals surface area contributed by atoms with Crippen LogP contribution < -0.4 is 4.72 Å². The van der Waals surface area contributed by atoms with Crippen molar-refractivity contribution in [3.63, 3.8) is 0 Å². The van der Waals surface area contributed by atoms with Gasteiger partial charge in [0.15, 0.2) is 0 Å². The third-order valence-electron chi connectivity index (χ3n) is 2.14. The third kappa shape index (κ3) is 3.71. The standard InChI is InChI=1S/C11H16INO2S/c1-8(2)7-13-16(14,15)10-5-4-9(3)11(12)6-10/h4-6,8,13H,7H2,1-3H3. The Kier molecular flexibility index (Phi) is 4.75. The van der Waals surface area contributed by atoms with Crippen LogP contribution in [0.1, 0.15) is 19.4 Å². The molecule has 0 saturated heterocycles. The van der Waals surface area contributed by atoms with Gasteiger partial charge in [-0.1, -0.05) is 19.9 Å². The molecule has 0 amide bonds. The summed E-state index contributed by atoms with van der Waals surface area (Å²) in [4.78, 5) is 0.336. The van der Waals surface area contributed by atoms with E-state index in [1.807, 2.05) is 26.8 Å². The highest BCUT2D eigenvalue weighted by Gasteiger charge is 2.14. The van der Waals surface area contributed by atoms with Crippen LogP contribution in [0.5, 0.6) is 0 Å². The molecular weight excluding hydrogens is 337 g/mol. The van der Waals surface area contributed by atoms with E-state index in [-0.39, 0.29) is 0 Å². The molecule has 1 rings (SSSR count). The predicted molar refractivity (Wildman–Crippen MR) is 73.9 cm³/mol. The first-order valence-electron chi connectivity index (χ1n) is 5.09. The molecule has 0 atom stereocenters. The Morgan fingerprint density at radius 3 is 2.50 bits per heavy atom. The molecule has 1 aromatic rings. The maximum Gasteiger partial charge on any atom is 0.240 e. The van der Waals surface area contributed by atoms with Crippen LogP contribution in [0, 0.1) is 16.4 Å². The first-order valence-corrected chi connectivity index (χ1v) is 7.65. The molecule has 0 aliphatic rings. The van der Waals surface area contributed by atoms with Crippen molar-refractivity contribution in [3.8, 4) is 0 Å². The molecule has 16 heavy (non-hydrogen) atoms. The van der Waals surface area contributed by atoms with Crippen molar-refractivity contribution < 1.29 is 8.42 Å². The van der Waals surface area contributed by atoms with E-state index >= 15 is 0 Å². The molecule has 0 aromatic heterocycles. The molecule has 0 unspecified atom stereocenters. The van der Waals surface area contributed by atoms with Crippen molar-refractivity contribution in [2.75, 3.05) is 6.54 Å². The number of rotatable bonds is 4. The summed E-state index contributed by atoms with van der Waals surface area (Å²) in [5, 5.41) is 0. The van der Waals surface area contributed by atoms with Crippen molar-refractivity contribution in [3.05, 3.63) is 27.3 Å². The molecule has 90 valence electrons. The molecule has 1 N–H and O–H groups in total. The van der Waals surface area contributed by atoms with Gasteiger partial charge in [0.1, 0.15) is 0 Å². The zero-order valence-electron chi connectivity index (χ0n) is 9.62. The Hall–Kier alpha value is -0.140. The summed E-state index contributed by atoms with van der Waals surface area (Å²) in [6.45, 7) is 6.37. The van der Waals surface area contributed by atoms with Crippen molar-refractivity contribution in [1.29, 1.82) is 0 Å². The SMILES string of the molecule is Cc1ccc(S(=O)(=O)NCC(C)C)cc1I. The molecule has 1 aromatic carbocycles. The van der Waals surface area contributed by atoms with E-state index in [1.54, 1.807) is 12.1 Å². The molecule has 5 heteroatoms. The molecule has 0 fully saturated rings. The molecule has 0 aliphatic heterocycles. The summed E-state index contributed by atoms with van der Waals surface area (Å²) < 4.78 is 27.3. The van der Waals surface area contributed by atoms with Crippen LogP contribution in [0.2, 0.25) is 0 Å². The van der Waals surface area contributed by atoms with Gasteiger partial charge in [-0.15, -0.1) is 0 Å². The Morgan fingerprint density at radius 1 is 1.38 bits per heavy atom. The molecular formula is C11H16INO2S. The van der Waals surface area contributed by atoms with E-state index in [2.05, 4.69) is 27.3 Å². The van der Waals surface area contributed by atoms with Gasteiger partial charge in [-0.2, -0.15) is 0 Å². The highest BCUT2D eigenvalue weighted by atomic mass is 127. The van der Waals surface area contributed by atoms with Crippen LogP contribution in [-0.4, -0.2) is 15.0 Å². The first-order chi connectivity index (χ1) is 7.33. The minimum atomic E-state index is -3.35. The van der Waals surface area contributed by atoms with Gasteiger partial charge in [0, 0.05) is 10.1 Å². The van der Waals surface area contributed by atoms with E-state index in [0.29, 0.717) is 17.4 Å². The second-order valence-corrected chi connectivity index (χ2v) is 7.09. The zero-order chi connectivity index (χ0) is 12.3. The Labute approximate surface area is 111 Å². The van der Waals surface area contributed by atoms with Gasteiger partial charge in [0.05, 0.1) is 4.90 Å². The lowest BCUT2D eigenvalue weighted by Gasteiger charge is -2.09. The van der Waals surface area contributed by atoms with Crippen LogP contribution in [-0.2, 0) is 10.0 Å². The summed E-state index contributed by atoms with van der Waals surface area (Å²) in [5.41, 5.74) is 1.09. The Morgan fingerprint density at radius 2 is 2.00 bits per heavy atom. The number of nitrogens with one attached hydrogen (secondary N) is 1. The largest absolute Gasteiger partial charge is 0.240 e. The number of hydrogen-bond donors (Lipinski definition) is 1. The normalized spacial score (nSPS) is 12.1. The Balaban J connectivity index is 2.94. The summed E-state index contributed by atoms with van der Waals surface area (Å²) >= 11 is 2.14. The molecule has 0 spiro atoms. The maximum absolute atomic E-state index is 11.9. The fourth-order valence-electron chi connectivity index (χ4n) is 1.10. The van der Waals surface area contributed by atoms with Gasteiger partial charge in [-0.05, 0) is 53.1 Å². The van der Waals surface area contributed by atoms with E-state index in [9.17, 15) is 8.42 Å². The maximum atomic E-state index is 11.9. The van der Waals surface area contributed by atoms with Gasteiger partial charge >= 0.3 is 0 Å². The number of benzene rings is 1. The zero-order valence-corrected chi connectivity index (χ0v) is 12.6. The molecule has 3 nitrogen and oxygen atoms in total. The van der Waals surface area contributed by atoms with Gasteiger partial charge in [-0.3, -0.25) is 0 Å². The monoisotopic (exact) mass is 353 g/mol. The highest BCUT2D eigenvalue weighted by molar-refractivity contribution is 14.1. The molecule has 0 heterocycles. The molecule has 0 saturated carbocycles. The van der Waals surface area contributed by atoms with Crippen molar-refractivity contribution >= 4 is 32.6 Å². The lowest BCUT2D eigenvalue weighted by Crippen LogP contribution is -2.27. The fourth-order valence-corrected chi connectivity index (χ4v) is 3.07. The molecule has 0 aliphatic carbocycles. The van der Waals surface area contributed by atoms with Gasteiger partial charge in [-0.25, -0.2) is 13.1 Å². The summed E-state index contributed by atoms with van der Waals surface area (Å²) in [5.74, 6) is 0.305. The average Bonchev–Trinajstić information content (AvgIpc) is 2.19. The quantitative estimate of drug-likeness (QED) is 0.846. The highest BCUT2D eigenvalue weighted by Crippen LogP contribution is 2.17. The van der Waals surface area contributed by atoms with Crippen LogP contribution in [0.4, 0.5) is 0 Å². The minimum absolute atomic E-state index is 0.305. The van der Waals surface area contributed by atoms with Gasteiger partial charge in [0.2, 0.25) is 10.0 Å². The average molecular weight is 353 g/mol. The van der Waals surface area contributed by atoms with E-state index in [4.69, 9.17) is 0 Å².